The molecule has 0 N–H and O–H groups in total. The van der Waals surface area contributed by atoms with E-state index in [1.54, 1.807) is 24.3 Å². The quantitative estimate of drug-likeness (QED) is 0.0972. The van der Waals surface area contributed by atoms with Crippen molar-refractivity contribution in [3.05, 3.63) is 425 Å². The summed E-state index contributed by atoms with van der Waals surface area (Å²) in [5.74, 6) is 5.16. The molecule has 0 saturated carbocycles. The summed E-state index contributed by atoms with van der Waals surface area (Å²) in [4.78, 5) is 52.6. The van der Waals surface area contributed by atoms with Crippen LogP contribution in [0.25, 0.3) is 0 Å². The minimum absolute atomic E-state index is 0.0143. The van der Waals surface area contributed by atoms with Crippen LogP contribution in [0.3, 0.4) is 0 Å². The molecule has 7 aliphatic rings. The topological polar surface area (TPSA) is 237 Å². The average molecular weight is 1700 g/mol. The van der Waals surface area contributed by atoms with Gasteiger partial charge < -0.3 is 33.2 Å². The van der Waals surface area contributed by atoms with Crippen molar-refractivity contribution in [3.8, 4) is 40.2 Å². The number of hydrogen-bond donors (Lipinski definition) is 0. The summed E-state index contributed by atoms with van der Waals surface area (Å²) in [6, 6.07) is 105. The summed E-state index contributed by atoms with van der Waals surface area (Å²) < 4.78 is 39.5. The van der Waals surface area contributed by atoms with Crippen LogP contribution in [0.2, 0.25) is 15.1 Å². The molecule has 0 bridgehead atoms. The fourth-order valence-corrected chi connectivity index (χ4v) is 13.6. The second-order valence-electron chi connectivity index (χ2n) is 28.6. The molecule has 7 heterocycles. The molecule has 614 valence electrons. The van der Waals surface area contributed by atoms with E-state index in [4.69, 9.17) is 68.0 Å². The molecule has 20 nitrogen and oxygen atoms in total. The van der Waals surface area contributed by atoms with Gasteiger partial charge in [-0.1, -0.05) is 270 Å². The summed E-state index contributed by atoms with van der Waals surface area (Å²) in [5, 5.41) is 23.6. The van der Waals surface area contributed by atoms with Crippen LogP contribution in [0.1, 0.15) is 55.6 Å². The van der Waals surface area contributed by atoms with Gasteiger partial charge in [0.1, 0.15) is 126 Å². The molecule has 0 aromatic heterocycles. The number of rotatable bonds is 9. The highest BCUT2D eigenvalue weighted by Gasteiger charge is 2.23. The van der Waals surface area contributed by atoms with Crippen molar-refractivity contribution in [2.75, 3.05) is 46.2 Å². The first kappa shape index (κ1) is 84.1. The van der Waals surface area contributed by atoms with Gasteiger partial charge in [0.2, 0.25) is 0 Å². The van der Waals surface area contributed by atoms with Gasteiger partial charge in [-0.05, 0) is 139 Å². The van der Waals surface area contributed by atoms with Crippen molar-refractivity contribution < 1.29 is 43.0 Å². The van der Waals surface area contributed by atoms with Gasteiger partial charge in [0.15, 0.2) is 0 Å². The number of aryl methyl sites for hydroxylation is 3. The highest BCUT2D eigenvalue weighted by molar-refractivity contribution is 6.31. The number of para-hydroxylation sites is 4. The van der Waals surface area contributed by atoms with Crippen LogP contribution >= 0.6 is 34.8 Å². The third-order valence-electron chi connectivity index (χ3n) is 19.7. The van der Waals surface area contributed by atoms with Gasteiger partial charge >= 0.3 is 0 Å². The van der Waals surface area contributed by atoms with E-state index in [-0.39, 0.29) is 11.4 Å². The molecule has 14 aromatic rings. The molecule has 14 aromatic carbocycles. The second-order valence-corrected chi connectivity index (χ2v) is 29.9. The van der Waals surface area contributed by atoms with Crippen molar-refractivity contribution in [2.45, 2.75) is 20.8 Å². The molecule has 0 atom stereocenters. The van der Waals surface area contributed by atoms with Gasteiger partial charge in [0, 0.05) is 51.5 Å². The number of nitro groups is 2. The lowest BCUT2D eigenvalue weighted by Crippen LogP contribution is -2.16. The summed E-state index contributed by atoms with van der Waals surface area (Å²) in [7, 11) is 0. The summed E-state index contributed by atoms with van der Waals surface area (Å²) in [6.45, 7) is 9.45. The maximum atomic E-state index is 10.8. The number of nitrogens with zero attached hydrogens (tertiary/aromatic N) is 9. The van der Waals surface area contributed by atoms with E-state index < -0.39 is 9.85 Å². The van der Waals surface area contributed by atoms with E-state index in [1.165, 1.54) is 41.0 Å². The van der Waals surface area contributed by atoms with Gasteiger partial charge in [-0.15, -0.1) is 0 Å². The lowest BCUT2D eigenvalue weighted by atomic mass is 10.1. The first-order valence-corrected chi connectivity index (χ1v) is 40.6. The highest BCUT2D eigenvalue weighted by Crippen LogP contribution is 2.41. The third kappa shape index (κ3) is 22.2. The number of ether oxygens (including phenoxy) is 7. The normalized spacial score (nSPS) is 13.5. The predicted molar refractivity (Wildman–Crippen MR) is 495 cm³/mol. The number of aliphatic imine (C=N–C) groups is 7. The smallest absolute Gasteiger partial charge is 0.271 e. The largest absolute Gasteiger partial charge is 0.485 e. The molecule has 0 fully saturated rings. The van der Waals surface area contributed by atoms with Gasteiger partial charge in [0.05, 0.1) is 49.8 Å². The Morgan fingerprint density at radius 1 is 0.226 bits per heavy atom. The van der Waals surface area contributed by atoms with Crippen LogP contribution in [-0.2, 0) is 0 Å². The summed E-state index contributed by atoms with van der Waals surface area (Å²) in [5.41, 5.74) is 22.8. The molecular weight excluding hydrogens is 1620 g/mol. The number of non-ortho nitro benzene ring substituents is 2. The van der Waals surface area contributed by atoms with Crippen LogP contribution in [0, 0.1) is 41.0 Å². The zero-order chi connectivity index (χ0) is 85.7. The van der Waals surface area contributed by atoms with Crippen LogP contribution in [0.5, 0.6) is 40.2 Å². The standard InChI is InChI=1S/C15H12ClNO.C15H12N2O3.C15H13NO.2C14H10ClNO.C14H10N2O3.C14H11NO/c1-10-2-4-11(5-3-10)14-9-18-15-8-12(16)6-7-13(15)17-14;1-10-2-4-11(5-3-10)14-9-20-15-7-6-12(17(18)19)8-13(15)16-14;1-11-6-8-12(9-7-11)14-10-17-15-5-3-2-4-13(15)16-14;15-11-6-7-14-12(8-11)16-13(9-17-14)10-4-2-1-3-5-10;15-11-6-7-12-14(8-11)17-9-13(16-12)10-4-2-1-3-5-10;17-16(18)11-6-7-14-12(8-11)15-13(9-19-14)10-4-2-1-3-5-10;1-2-6-11(7-3-1)13-10-16-14-9-5-4-8-12(14)15-13/h2-8H,9H2,1H3;2-8H,9H2,1H3;2-9H,10H2,1H3;2*1-8H,9H2;1-8H,9H2;1-9H,10H2. The number of fused-ring (bicyclic) bond motifs is 7. The molecular formula is C101H78Cl3N9O11. The van der Waals surface area contributed by atoms with E-state index in [2.05, 4.69) is 109 Å². The molecule has 0 saturated heterocycles. The van der Waals surface area contributed by atoms with Crippen LogP contribution in [0.15, 0.2) is 369 Å². The molecule has 7 aliphatic heterocycles. The van der Waals surface area contributed by atoms with Crippen molar-refractivity contribution in [1.29, 1.82) is 0 Å². The Kier molecular flexibility index (Phi) is 27.4. The molecule has 0 unspecified atom stereocenters. The Morgan fingerprint density at radius 2 is 0.444 bits per heavy atom. The third-order valence-corrected chi connectivity index (χ3v) is 20.4. The van der Waals surface area contributed by atoms with E-state index in [1.807, 2.05) is 231 Å². The Labute approximate surface area is 731 Å². The molecule has 124 heavy (non-hydrogen) atoms. The van der Waals surface area contributed by atoms with Crippen molar-refractivity contribution >= 4 is 126 Å². The van der Waals surface area contributed by atoms with E-state index in [0.29, 0.717) is 84.2 Å². The lowest BCUT2D eigenvalue weighted by molar-refractivity contribution is -0.385. The van der Waals surface area contributed by atoms with E-state index in [0.717, 1.165) is 136 Å². The minimum Gasteiger partial charge on any atom is -0.485 e. The maximum Gasteiger partial charge on any atom is 0.271 e. The first-order valence-electron chi connectivity index (χ1n) is 39.5. The molecule has 23 heteroatoms. The van der Waals surface area contributed by atoms with Gasteiger partial charge in [-0.3, -0.25) is 20.2 Å². The van der Waals surface area contributed by atoms with E-state index in [9.17, 15) is 20.2 Å². The fraction of sp³-hybridized carbons (Fsp3) is 0.0990. The molecule has 21 rings (SSSR count). The number of nitro benzene ring substituents is 2. The Morgan fingerprint density at radius 3 is 0.742 bits per heavy atom. The number of hydrogen-bond acceptors (Lipinski definition) is 18. The zero-order valence-electron chi connectivity index (χ0n) is 67.4. The highest BCUT2D eigenvalue weighted by atomic mass is 35.5. The first-order chi connectivity index (χ1) is 60.5. The van der Waals surface area contributed by atoms with E-state index >= 15 is 0 Å². The number of benzene rings is 14. The Balaban J connectivity index is 0.000000112. The predicted octanol–water partition coefficient (Wildman–Crippen LogP) is 25.1. The molecule has 0 spiro atoms. The fourth-order valence-electron chi connectivity index (χ4n) is 13.2. The monoisotopic (exact) mass is 1700 g/mol. The van der Waals surface area contributed by atoms with Crippen LogP contribution in [0.4, 0.5) is 51.2 Å². The van der Waals surface area contributed by atoms with Crippen LogP contribution in [-0.4, -0.2) is 96.1 Å². The Hall–Kier alpha value is -15.0. The molecule has 0 aliphatic carbocycles. The summed E-state index contributed by atoms with van der Waals surface area (Å²) >= 11 is 17.8. The Bertz CT molecular complexity index is 6440. The minimum atomic E-state index is -0.438. The molecule has 0 radical (unpaired) electrons. The van der Waals surface area contributed by atoms with Crippen molar-refractivity contribution in [2.24, 2.45) is 34.9 Å². The lowest BCUT2D eigenvalue weighted by Gasteiger charge is -2.17. The maximum absolute atomic E-state index is 10.8. The average Bonchev–Trinajstić information content (AvgIpc) is 0.817. The summed E-state index contributed by atoms with van der Waals surface area (Å²) in [6.07, 6.45) is 0. The van der Waals surface area contributed by atoms with Gasteiger partial charge in [-0.25, -0.2) is 34.9 Å². The van der Waals surface area contributed by atoms with Gasteiger partial charge in [-0.2, -0.15) is 0 Å². The van der Waals surface area contributed by atoms with Gasteiger partial charge in [0.25, 0.3) is 11.4 Å². The number of halogens is 3. The molecule has 0 amide bonds. The zero-order valence-corrected chi connectivity index (χ0v) is 69.6. The van der Waals surface area contributed by atoms with Crippen molar-refractivity contribution in [3.63, 3.8) is 0 Å². The second kappa shape index (κ2) is 40.4. The SMILES string of the molecule is Cc1ccc(C2=Nc3cc([N+](=O)[O-])ccc3OC2)cc1.Cc1ccc(C2=Nc3ccc(Cl)cc3OC2)cc1.Cc1ccc(C2=Nc3ccccc3OC2)cc1.Clc1ccc2c(c1)N=C(c1ccccc1)CO2.Clc1ccc2c(c1)OCC(c1ccccc1)=N2.O=[N+]([O-])c1ccc2c(c1)N=C(c1ccccc1)CO2.c1ccc(C2=Nc3ccccc3OC2)cc1. The van der Waals surface area contributed by atoms with Crippen LogP contribution < -0.4 is 33.2 Å². The van der Waals surface area contributed by atoms with Crippen molar-refractivity contribution in [1.82, 2.24) is 0 Å².